The third-order valence-electron chi connectivity index (χ3n) is 12.5. The molecule has 6 heteroatoms. The largest absolute Gasteiger partial charge is 0.462 e. The average molecular weight is 875 g/mol. The predicted molar refractivity (Wildman–Crippen MR) is 266 cm³/mol. The molecule has 0 bridgehead atoms. The van der Waals surface area contributed by atoms with Gasteiger partial charge in [-0.3, -0.25) is 14.4 Å². The maximum Gasteiger partial charge on any atom is 0.306 e. The van der Waals surface area contributed by atoms with E-state index in [9.17, 15) is 14.4 Å². The number of unbranched alkanes of at least 4 members (excludes halogenated alkanes) is 38. The summed E-state index contributed by atoms with van der Waals surface area (Å²) >= 11 is 0. The van der Waals surface area contributed by atoms with Crippen LogP contribution in [0.3, 0.4) is 0 Å². The Bertz CT molecular complexity index is 962. The first-order valence-electron chi connectivity index (χ1n) is 27.7. The van der Waals surface area contributed by atoms with Crippen LogP contribution in [0.1, 0.15) is 310 Å². The molecule has 0 aliphatic rings. The smallest absolute Gasteiger partial charge is 0.306 e. The molecule has 0 aromatic rings. The van der Waals surface area contributed by atoms with Crippen LogP contribution in [0.2, 0.25) is 0 Å². The molecule has 1 unspecified atom stereocenters. The molecule has 0 spiro atoms. The van der Waals surface area contributed by atoms with Crippen molar-refractivity contribution in [1.82, 2.24) is 0 Å². The highest BCUT2D eigenvalue weighted by molar-refractivity contribution is 5.71. The summed E-state index contributed by atoms with van der Waals surface area (Å²) in [6, 6.07) is 0. The molecular formula is C56H106O6. The van der Waals surface area contributed by atoms with Crippen molar-refractivity contribution in [3.05, 3.63) is 12.2 Å². The number of hydrogen-bond acceptors (Lipinski definition) is 6. The van der Waals surface area contributed by atoms with Crippen molar-refractivity contribution < 1.29 is 28.6 Å². The summed E-state index contributed by atoms with van der Waals surface area (Å²) in [4.78, 5) is 38.0. The van der Waals surface area contributed by atoms with Crippen molar-refractivity contribution in [2.24, 2.45) is 0 Å². The SMILES string of the molecule is CCCCCCCCC/C=C\CCCCCCCC(=O)OCC(COC(=O)CCCCCCCCCCCCCCCC)OC(=O)CCCCCCCCCCCCCCCC. The van der Waals surface area contributed by atoms with E-state index in [2.05, 4.69) is 32.9 Å². The van der Waals surface area contributed by atoms with Gasteiger partial charge >= 0.3 is 17.9 Å². The second-order valence-corrected chi connectivity index (χ2v) is 18.9. The quantitative estimate of drug-likeness (QED) is 0.0262. The summed E-state index contributed by atoms with van der Waals surface area (Å²) < 4.78 is 16.8. The van der Waals surface area contributed by atoms with Crippen molar-refractivity contribution in [2.75, 3.05) is 13.2 Å². The maximum atomic E-state index is 12.8. The maximum absolute atomic E-state index is 12.8. The lowest BCUT2D eigenvalue weighted by atomic mass is 10.0. The van der Waals surface area contributed by atoms with E-state index in [0.717, 1.165) is 64.2 Å². The number of esters is 3. The molecule has 0 fully saturated rings. The van der Waals surface area contributed by atoms with Gasteiger partial charge in [0, 0.05) is 19.3 Å². The fourth-order valence-corrected chi connectivity index (χ4v) is 8.32. The van der Waals surface area contributed by atoms with Crippen molar-refractivity contribution >= 4 is 17.9 Å². The van der Waals surface area contributed by atoms with Crippen molar-refractivity contribution in [3.8, 4) is 0 Å². The van der Waals surface area contributed by atoms with Crippen LogP contribution in [0.4, 0.5) is 0 Å². The number of carbonyl (C=O) groups is 3. The van der Waals surface area contributed by atoms with Gasteiger partial charge in [0.15, 0.2) is 6.10 Å². The molecule has 0 heterocycles. The molecule has 0 aliphatic carbocycles. The van der Waals surface area contributed by atoms with Crippen LogP contribution < -0.4 is 0 Å². The standard InChI is InChI=1S/C56H106O6/c1-4-7-10-13-16-19-22-25-28-29-32-34-37-40-43-46-49-55(58)61-52-53(62-56(59)50-47-44-41-38-35-31-27-24-21-18-15-12-9-6-3)51-60-54(57)48-45-42-39-36-33-30-26-23-20-17-14-11-8-5-2/h28-29,53H,4-27,30-52H2,1-3H3/b29-28-. The van der Waals surface area contributed by atoms with Gasteiger partial charge < -0.3 is 14.2 Å². The monoisotopic (exact) mass is 875 g/mol. The molecule has 0 radical (unpaired) electrons. The van der Waals surface area contributed by atoms with Crippen molar-refractivity contribution in [2.45, 2.75) is 316 Å². The van der Waals surface area contributed by atoms with E-state index < -0.39 is 6.10 Å². The molecular weight excluding hydrogens is 769 g/mol. The van der Waals surface area contributed by atoms with E-state index in [-0.39, 0.29) is 31.1 Å². The fourth-order valence-electron chi connectivity index (χ4n) is 8.32. The topological polar surface area (TPSA) is 78.9 Å². The molecule has 0 saturated carbocycles. The second-order valence-electron chi connectivity index (χ2n) is 18.9. The van der Waals surface area contributed by atoms with Crippen LogP contribution in [-0.2, 0) is 28.6 Å². The van der Waals surface area contributed by atoms with Gasteiger partial charge in [-0.25, -0.2) is 0 Å². The molecule has 62 heavy (non-hydrogen) atoms. The van der Waals surface area contributed by atoms with Gasteiger partial charge in [-0.05, 0) is 44.9 Å². The Morgan fingerprint density at radius 2 is 0.532 bits per heavy atom. The van der Waals surface area contributed by atoms with Crippen LogP contribution >= 0.6 is 0 Å². The van der Waals surface area contributed by atoms with Gasteiger partial charge in [0.2, 0.25) is 0 Å². The van der Waals surface area contributed by atoms with Gasteiger partial charge in [-0.15, -0.1) is 0 Å². The summed E-state index contributed by atoms with van der Waals surface area (Å²) in [7, 11) is 0. The predicted octanol–water partition coefficient (Wildman–Crippen LogP) is 18.2. The van der Waals surface area contributed by atoms with Crippen LogP contribution in [0.25, 0.3) is 0 Å². The Balaban J connectivity index is 4.33. The highest BCUT2D eigenvalue weighted by atomic mass is 16.6. The Kier molecular flexibility index (Phi) is 50.2. The second kappa shape index (κ2) is 51.8. The van der Waals surface area contributed by atoms with Gasteiger partial charge in [-0.2, -0.15) is 0 Å². The lowest BCUT2D eigenvalue weighted by Crippen LogP contribution is -2.30. The first-order valence-corrected chi connectivity index (χ1v) is 27.7. The molecule has 0 saturated heterocycles. The summed E-state index contributed by atoms with van der Waals surface area (Å²) in [5.74, 6) is -0.854. The first kappa shape index (κ1) is 60.2. The minimum absolute atomic E-state index is 0.0668. The van der Waals surface area contributed by atoms with Gasteiger partial charge in [-0.1, -0.05) is 258 Å². The van der Waals surface area contributed by atoms with Crippen molar-refractivity contribution in [1.29, 1.82) is 0 Å². The van der Waals surface area contributed by atoms with Gasteiger partial charge in [0.1, 0.15) is 13.2 Å². The van der Waals surface area contributed by atoms with Crippen LogP contribution in [-0.4, -0.2) is 37.2 Å². The molecule has 0 aromatic carbocycles. The van der Waals surface area contributed by atoms with Crippen LogP contribution in [0.5, 0.6) is 0 Å². The Labute approximate surface area is 386 Å². The molecule has 0 aromatic heterocycles. The highest BCUT2D eigenvalue weighted by Crippen LogP contribution is 2.17. The molecule has 1 atom stereocenters. The van der Waals surface area contributed by atoms with Gasteiger partial charge in [0.25, 0.3) is 0 Å². The number of hydrogen-bond donors (Lipinski definition) is 0. The minimum Gasteiger partial charge on any atom is -0.462 e. The lowest BCUT2D eigenvalue weighted by molar-refractivity contribution is -0.167. The average Bonchev–Trinajstić information content (AvgIpc) is 3.27. The third kappa shape index (κ3) is 49.2. The number of rotatable bonds is 51. The Morgan fingerprint density at radius 1 is 0.306 bits per heavy atom. The first-order chi connectivity index (χ1) is 30.5. The van der Waals surface area contributed by atoms with E-state index in [1.54, 1.807) is 0 Å². The molecule has 0 aliphatic heterocycles. The zero-order valence-corrected chi connectivity index (χ0v) is 41.9. The van der Waals surface area contributed by atoms with E-state index in [1.165, 1.54) is 205 Å². The summed E-state index contributed by atoms with van der Waals surface area (Å²) in [6.07, 6.45) is 57.6. The van der Waals surface area contributed by atoms with E-state index in [0.29, 0.717) is 19.3 Å². The van der Waals surface area contributed by atoms with Crippen molar-refractivity contribution in [3.63, 3.8) is 0 Å². The van der Waals surface area contributed by atoms with E-state index in [1.807, 2.05) is 0 Å². The van der Waals surface area contributed by atoms with E-state index in [4.69, 9.17) is 14.2 Å². The molecule has 0 amide bonds. The highest BCUT2D eigenvalue weighted by Gasteiger charge is 2.19. The Hall–Kier alpha value is -1.85. The van der Waals surface area contributed by atoms with Crippen LogP contribution in [0, 0.1) is 0 Å². The minimum atomic E-state index is -0.766. The zero-order chi connectivity index (χ0) is 45.1. The van der Waals surface area contributed by atoms with Crippen LogP contribution in [0.15, 0.2) is 12.2 Å². The zero-order valence-electron chi connectivity index (χ0n) is 41.9. The normalized spacial score (nSPS) is 12.0. The molecule has 0 rings (SSSR count). The van der Waals surface area contributed by atoms with Gasteiger partial charge in [0.05, 0.1) is 0 Å². The summed E-state index contributed by atoms with van der Waals surface area (Å²) in [5.41, 5.74) is 0. The molecule has 366 valence electrons. The fraction of sp³-hybridized carbons (Fsp3) is 0.911. The number of ether oxygens (including phenoxy) is 3. The third-order valence-corrected chi connectivity index (χ3v) is 12.5. The molecule has 6 nitrogen and oxygen atoms in total. The summed E-state index contributed by atoms with van der Waals surface area (Å²) in [6.45, 7) is 6.68. The Morgan fingerprint density at radius 3 is 0.806 bits per heavy atom. The summed E-state index contributed by atoms with van der Waals surface area (Å²) in [5, 5.41) is 0. The number of carbonyl (C=O) groups excluding carboxylic acids is 3. The molecule has 0 N–H and O–H groups in total. The lowest BCUT2D eigenvalue weighted by Gasteiger charge is -2.18. The number of allylic oxidation sites excluding steroid dienone is 2. The van der Waals surface area contributed by atoms with E-state index >= 15 is 0 Å².